The molecule has 0 bridgehead atoms. The topological polar surface area (TPSA) is 66.5 Å². The summed E-state index contributed by atoms with van der Waals surface area (Å²) in [5, 5.41) is 3.30. The lowest BCUT2D eigenvalue weighted by Gasteiger charge is -2.22. The number of sulfonamides is 1. The van der Waals surface area contributed by atoms with E-state index in [9.17, 15) is 13.2 Å². The molecule has 0 aliphatic heterocycles. The zero-order chi connectivity index (χ0) is 17.9. The number of anilines is 2. The van der Waals surface area contributed by atoms with E-state index in [0.717, 1.165) is 16.1 Å². The molecule has 0 radical (unpaired) electrons. The van der Waals surface area contributed by atoms with Crippen LogP contribution < -0.4 is 9.62 Å². The molecule has 0 aliphatic rings. The van der Waals surface area contributed by atoms with Gasteiger partial charge in [0.25, 0.3) is 0 Å². The molecule has 0 aliphatic carbocycles. The van der Waals surface area contributed by atoms with Crippen molar-refractivity contribution in [2.24, 2.45) is 0 Å². The van der Waals surface area contributed by atoms with Crippen LogP contribution >= 0.6 is 23.2 Å². The Balaban J connectivity index is 2.22. The van der Waals surface area contributed by atoms with Crippen LogP contribution in [-0.4, -0.2) is 27.1 Å². The van der Waals surface area contributed by atoms with Gasteiger partial charge in [-0.15, -0.1) is 0 Å². The number of benzene rings is 2. The van der Waals surface area contributed by atoms with Crippen LogP contribution in [0.4, 0.5) is 11.4 Å². The summed E-state index contributed by atoms with van der Waals surface area (Å²) in [6.45, 7) is 1.52. The fourth-order valence-corrected chi connectivity index (χ4v) is 3.22. The van der Waals surface area contributed by atoms with Crippen LogP contribution in [0.2, 0.25) is 10.0 Å². The monoisotopic (exact) mass is 386 g/mol. The van der Waals surface area contributed by atoms with E-state index < -0.39 is 15.9 Å². The Morgan fingerprint density at radius 1 is 1.12 bits per heavy atom. The fraction of sp³-hybridized carbons (Fsp3) is 0.188. The Hall–Kier alpha value is -1.76. The molecule has 0 unspecified atom stereocenters. The molecule has 0 atom stereocenters. The molecule has 0 saturated heterocycles. The third-order valence-corrected chi connectivity index (χ3v) is 4.92. The first-order valence-corrected chi connectivity index (χ1v) is 9.56. The van der Waals surface area contributed by atoms with E-state index in [0.29, 0.717) is 21.4 Å². The van der Waals surface area contributed by atoms with E-state index in [2.05, 4.69) is 5.32 Å². The van der Waals surface area contributed by atoms with Crippen molar-refractivity contribution >= 4 is 50.5 Å². The molecule has 0 heterocycles. The molecule has 0 aromatic heterocycles. The minimum Gasteiger partial charge on any atom is -0.323 e. The molecule has 5 nitrogen and oxygen atoms in total. The molecule has 1 amide bonds. The average Bonchev–Trinajstić information content (AvgIpc) is 2.48. The first-order chi connectivity index (χ1) is 11.2. The largest absolute Gasteiger partial charge is 0.323 e. The number of nitrogens with zero attached hydrogens (tertiary/aromatic N) is 1. The Bertz CT molecular complexity index is 852. The minimum atomic E-state index is -3.62. The maximum absolute atomic E-state index is 12.3. The molecule has 1 N–H and O–H groups in total. The van der Waals surface area contributed by atoms with Crippen molar-refractivity contribution in [2.75, 3.05) is 22.4 Å². The Labute approximate surface area is 151 Å². The fourth-order valence-electron chi connectivity index (χ4n) is 2.02. The van der Waals surface area contributed by atoms with Gasteiger partial charge in [0, 0.05) is 5.02 Å². The van der Waals surface area contributed by atoms with Crippen molar-refractivity contribution in [3.8, 4) is 0 Å². The van der Waals surface area contributed by atoms with Crippen molar-refractivity contribution in [2.45, 2.75) is 6.92 Å². The number of halogens is 2. The van der Waals surface area contributed by atoms with Crippen molar-refractivity contribution in [1.82, 2.24) is 0 Å². The summed E-state index contributed by atoms with van der Waals surface area (Å²) in [5.74, 6) is -0.523. The van der Waals surface area contributed by atoms with E-state index in [4.69, 9.17) is 23.2 Å². The van der Waals surface area contributed by atoms with Crippen LogP contribution in [0.1, 0.15) is 5.56 Å². The summed E-state index contributed by atoms with van der Waals surface area (Å²) in [4.78, 5) is 12.3. The quantitative estimate of drug-likeness (QED) is 0.851. The molecular weight excluding hydrogens is 371 g/mol. The van der Waals surface area contributed by atoms with Gasteiger partial charge >= 0.3 is 0 Å². The van der Waals surface area contributed by atoms with E-state index >= 15 is 0 Å². The molecule has 8 heteroatoms. The summed E-state index contributed by atoms with van der Waals surface area (Å²) in [7, 11) is -3.62. The molecule has 2 aromatic rings. The minimum absolute atomic E-state index is 0.314. The maximum atomic E-state index is 12.3. The number of amides is 1. The van der Waals surface area contributed by atoms with Crippen LogP contribution in [0.3, 0.4) is 0 Å². The summed E-state index contributed by atoms with van der Waals surface area (Å²) in [5.41, 5.74) is 1.73. The third kappa shape index (κ3) is 4.87. The standard InChI is InChI=1S/C16H16Cl2N2O3S/c1-11-3-6-13(7-4-11)20(24(2,22)23)10-16(21)19-15-9-12(17)5-8-14(15)18/h3-9H,10H2,1-2H3,(H,19,21). The van der Waals surface area contributed by atoms with Crippen molar-refractivity contribution in [3.05, 3.63) is 58.1 Å². The highest BCUT2D eigenvalue weighted by Gasteiger charge is 2.21. The zero-order valence-electron chi connectivity index (χ0n) is 13.1. The molecule has 2 rings (SSSR count). The molecule has 0 spiro atoms. The number of rotatable bonds is 5. The third-order valence-electron chi connectivity index (χ3n) is 3.21. The number of carbonyl (C=O) groups excluding carboxylic acids is 1. The smallest absolute Gasteiger partial charge is 0.245 e. The zero-order valence-corrected chi connectivity index (χ0v) is 15.4. The van der Waals surface area contributed by atoms with Crippen LogP contribution in [0, 0.1) is 6.92 Å². The van der Waals surface area contributed by atoms with E-state index in [1.807, 2.05) is 6.92 Å². The molecule has 128 valence electrons. The first kappa shape index (κ1) is 18.6. The van der Waals surface area contributed by atoms with Crippen LogP contribution in [0.25, 0.3) is 0 Å². The molecule has 0 saturated carbocycles. The van der Waals surface area contributed by atoms with E-state index in [1.165, 1.54) is 6.07 Å². The van der Waals surface area contributed by atoms with E-state index in [-0.39, 0.29) is 6.54 Å². The van der Waals surface area contributed by atoms with Crippen LogP contribution in [0.15, 0.2) is 42.5 Å². The highest BCUT2D eigenvalue weighted by molar-refractivity contribution is 7.92. The summed E-state index contributed by atoms with van der Waals surface area (Å²) in [6, 6.07) is 11.5. The lowest BCUT2D eigenvalue weighted by Crippen LogP contribution is -2.37. The first-order valence-electron chi connectivity index (χ1n) is 6.96. The number of nitrogens with one attached hydrogen (secondary N) is 1. The van der Waals surface area contributed by atoms with Crippen molar-refractivity contribution < 1.29 is 13.2 Å². The van der Waals surface area contributed by atoms with Gasteiger partial charge in [-0.25, -0.2) is 8.42 Å². The Morgan fingerprint density at radius 2 is 1.75 bits per heavy atom. The van der Waals surface area contributed by atoms with Gasteiger partial charge < -0.3 is 5.32 Å². The number of hydrogen-bond acceptors (Lipinski definition) is 3. The predicted octanol–water partition coefficient (Wildman–Crippen LogP) is 3.71. The molecule has 24 heavy (non-hydrogen) atoms. The van der Waals surface area contributed by atoms with Gasteiger partial charge in [-0.3, -0.25) is 9.10 Å². The van der Waals surface area contributed by atoms with Crippen LogP contribution in [-0.2, 0) is 14.8 Å². The SMILES string of the molecule is Cc1ccc(N(CC(=O)Nc2cc(Cl)ccc2Cl)S(C)(=O)=O)cc1. The van der Waals surface area contributed by atoms with Gasteiger partial charge in [-0.1, -0.05) is 40.9 Å². The van der Waals surface area contributed by atoms with Crippen molar-refractivity contribution in [3.63, 3.8) is 0 Å². The number of hydrogen-bond donors (Lipinski definition) is 1. The second kappa shape index (κ2) is 7.42. The Morgan fingerprint density at radius 3 is 2.33 bits per heavy atom. The molecular formula is C16H16Cl2N2O3S. The lowest BCUT2D eigenvalue weighted by molar-refractivity contribution is -0.114. The average molecular weight is 387 g/mol. The van der Waals surface area contributed by atoms with Gasteiger partial charge in [0.2, 0.25) is 15.9 Å². The van der Waals surface area contributed by atoms with Gasteiger partial charge in [0.15, 0.2) is 0 Å². The maximum Gasteiger partial charge on any atom is 0.245 e. The summed E-state index contributed by atoms with van der Waals surface area (Å²) >= 11 is 11.9. The number of aryl methyl sites for hydroxylation is 1. The van der Waals surface area contributed by atoms with Gasteiger partial charge in [-0.05, 0) is 37.3 Å². The van der Waals surface area contributed by atoms with Crippen molar-refractivity contribution in [1.29, 1.82) is 0 Å². The van der Waals surface area contributed by atoms with Crippen LogP contribution in [0.5, 0.6) is 0 Å². The predicted molar refractivity (Wildman–Crippen MR) is 98.5 cm³/mol. The number of carbonyl (C=O) groups is 1. The lowest BCUT2D eigenvalue weighted by atomic mass is 10.2. The van der Waals surface area contributed by atoms with Gasteiger partial charge in [-0.2, -0.15) is 0 Å². The Kier molecular flexibility index (Phi) is 5.74. The highest BCUT2D eigenvalue weighted by atomic mass is 35.5. The summed E-state index contributed by atoms with van der Waals surface area (Å²) in [6.07, 6.45) is 1.05. The second-order valence-corrected chi connectivity index (χ2v) is 8.03. The highest BCUT2D eigenvalue weighted by Crippen LogP contribution is 2.25. The normalized spacial score (nSPS) is 11.2. The van der Waals surface area contributed by atoms with Gasteiger partial charge in [0.05, 0.1) is 22.7 Å². The van der Waals surface area contributed by atoms with Gasteiger partial charge in [0.1, 0.15) is 6.54 Å². The molecule has 2 aromatic carbocycles. The van der Waals surface area contributed by atoms with E-state index in [1.54, 1.807) is 36.4 Å². The molecule has 0 fully saturated rings. The second-order valence-electron chi connectivity index (χ2n) is 5.28. The summed E-state index contributed by atoms with van der Waals surface area (Å²) < 4.78 is 25.1.